The number of hydrogen-bond acceptors (Lipinski definition) is 8. The first-order valence-corrected chi connectivity index (χ1v) is 16.0. The molecule has 0 aliphatic rings. The SMILES string of the molecule is C=CC(=O)OCCCCCCOc1ccc(C(=O)Oc2ccc(C(=O)Oc3ccc(OCCCCCC)cc3)cc2I)cc1. The van der Waals surface area contributed by atoms with Crippen LogP contribution in [0.15, 0.2) is 79.4 Å². The van der Waals surface area contributed by atoms with Gasteiger partial charge in [-0.2, -0.15) is 0 Å². The predicted octanol–water partition coefficient (Wildman–Crippen LogP) is 8.36. The summed E-state index contributed by atoms with van der Waals surface area (Å²) >= 11 is 2.02. The van der Waals surface area contributed by atoms with Crippen molar-refractivity contribution in [1.82, 2.24) is 0 Å². The summed E-state index contributed by atoms with van der Waals surface area (Å²) in [5, 5.41) is 0. The quantitative estimate of drug-likeness (QED) is 0.0402. The van der Waals surface area contributed by atoms with Crippen LogP contribution in [0.2, 0.25) is 0 Å². The van der Waals surface area contributed by atoms with Gasteiger partial charge < -0.3 is 23.7 Å². The largest absolute Gasteiger partial charge is 0.494 e. The minimum absolute atomic E-state index is 0.336. The fourth-order valence-electron chi connectivity index (χ4n) is 4.02. The van der Waals surface area contributed by atoms with Gasteiger partial charge in [0, 0.05) is 6.08 Å². The number of rotatable bonds is 19. The number of carbonyl (C=O) groups is 3. The van der Waals surface area contributed by atoms with Crippen LogP contribution >= 0.6 is 22.6 Å². The molecule has 0 aromatic heterocycles. The first-order chi connectivity index (χ1) is 21.4. The van der Waals surface area contributed by atoms with E-state index >= 15 is 0 Å². The van der Waals surface area contributed by atoms with Crippen LogP contribution in [0.5, 0.6) is 23.0 Å². The second-order valence-electron chi connectivity index (χ2n) is 9.96. The molecular weight excluding hydrogens is 675 g/mol. The van der Waals surface area contributed by atoms with E-state index in [2.05, 4.69) is 13.5 Å². The number of ether oxygens (including phenoxy) is 5. The molecule has 0 aliphatic heterocycles. The minimum Gasteiger partial charge on any atom is -0.494 e. The summed E-state index contributed by atoms with van der Waals surface area (Å²) in [7, 11) is 0. The topological polar surface area (TPSA) is 97.4 Å². The molecule has 0 unspecified atom stereocenters. The second-order valence-corrected chi connectivity index (χ2v) is 11.1. The molecule has 3 aromatic carbocycles. The Morgan fingerprint density at radius 3 is 1.77 bits per heavy atom. The van der Waals surface area contributed by atoms with Crippen LogP contribution in [0.3, 0.4) is 0 Å². The lowest BCUT2D eigenvalue weighted by molar-refractivity contribution is -0.137. The maximum Gasteiger partial charge on any atom is 0.343 e. The molecule has 9 heteroatoms. The maximum absolute atomic E-state index is 12.7. The number of esters is 3. The van der Waals surface area contributed by atoms with Crippen molar-refractivity contribution in [2.24, 2.45) is 0 Å². The highest BCUT2D eigenvalue weighted by atomic mass is 127. The molecule has 3 rings (SSSR count). The molecule has 0 fully saturated rings. The summed E-state index contributed by atoms with van der Waals surface area (Å²) in [5.41, 5.74) is 0.710. The van der Waals surface area contributed by atoms with Crippen LogP contribution in [-0.2, 0) is 9.53 Å². The molecule has 3 aromatic rings. The number of carbonyl (C=O) groups excluding carboxylic acids is 3. The molecule has 0 saturated heterocycles. The monoisotopic (exact) mass is 714 g/mol. The van der Waals surface area contributed by atoms with Crippen LogP contribution in [0.1, 0.15) is 79.0 Å². The number of hydrogen-bond donors (Lipinski definition) is 0. The standard InChI is InChI=1S/C35H39IO8/c1-3-5-6-9-22-41-29-17-19-30(20-18-29)43-35(39)27-14-21-32(31(36)25-27)44-34(38)26-12-15-28(16-13-26)40-23-10-7-8-11-24-42-33(37)4-2/h4,12-21,25H,2-3,5-11,22-24H2,1H3. The summed E-state index contributed by atoms with van der Waals surface area (Å²) in [6.45, 7) is 7.13. The lowest BCUT2D eigenvalue weighted by Crippen LogP contribution is -2.11. The highest BCUT2D eigenvalue weighted by Gasteiger charge is 2.15. The van der Waals surface area contributed by atoms with Crippen LogP contribution in [0, 0.1) is 3.57 Å². The molecule has 0 atom stereocenters. The van der Waals surface area contributed by atoms with Gasteiger partial charge in [-0.3, -0.25) is 0 Å². The Morgan fingerprint density at radius 2 is 1.18 bits per heavy atom. The summed E-state index contributed by atoms with van der Waals surface area (Å²) in [4.78, 5) is 36.4. The molecule has 0 bridgehead atoms. The zero-order valence-electron chi connectivity index (χ0n) is 25.1. The Hall–Kier alpha value is -3.86. The van der Waals surface area contributed by atoms with Crippen LogP contribution in [0.25, 0.3) is 0 Å². The normalized spacial score (nSPS) is 10.5. The van der Waals surface area contributed by atoms with E-state index in [0.29, 0.717) is 51.8 Å². The third-order valence-electron chi connectivity index (χ3n) is 6.48. The molecule has 234 valence electrons. The lowest BCUT2D eigenvalue weighted by Gasteiger charge is -2.10. The van der Waals surface area contributed by atoms with Gasteiger partial charge in [0.05, 0.1) is 34.5 Å². The summed E-state index contributed by atoms with van der Waals surface area (Å²) in [5.74, 6) is 0.708. The summed E-state index contributed by atoms with van der Waals surface area (Å²) in [6, 6.07) is 18.5. The van der Waals surface area contributed by atoms with E-state index in [1.807, 2.05) is 22.6 Å². The maximum atomic E-state index is 12.7. The number of unbranched alkanes of at least 4 members (excludes halogenated alkanes) is 6. The van der Waals surface area contributed by atoms with Crippen molar-refractivity contribution in [2.75, 3.05) is 19.8 Å². The fraction of sp³-hybridized carbons (Fsp3) is 0.343. The second kappa shape index (κ2) is 19.4. The van der Waals surface area contributed by atoms with Gasteiger partial charge in [-0.1, -0.05) is 32.8 Å². The van der Waals surface area contributed by atoms with Crippen LogP contribution in [0.4, 0.5) is 0 Å². The molecule has 8 nitrogen and oxygen atoms in total. The highest BCUT2D eigenvalue weighted by Crippen LogP contribution is 2.25. The van der Waals surface area contributed by atoms with Gasteiger partial charge >= 0.3 is 17.9 Å². The Morgan fingerprint density at radius 1 is 0.659 bits per heavy atom. The van der Waals surface area contributed by atoms with Crippen molar-refractivity contribution in [3.05, 3.63) is 94.1 Å². The molecule has 0 saturated carbocycles. The van der Waals surface area contributed by atoms with Gasteiger partial charge in [0.15, 0.2) is 0 Å². The van der Waals surface area contributed by atoms with E-state index in [1.54, 1.807) is 66.7 Å². The minimum atomic E-state index is -0.519. The zero-order valence-corrected chi connectivity index (χ0v) is 27.2. The van der Waals surface area contributed by atoms with Crippen molar-refractivity contribution >= 4 is 40.5 Å². The molecule has 0 heterocycles. The van der Waals surface area contributed by atoms with Gasteiger partial charge in [-0.25, -0.2) is 14.4 Å². The molecular formula is C35H39IO8. The molecule has 0 N–H and O–H groups in total. The van der Waals surface area contributed by atoms with Crippen LogP contribution < -0.4 is 18.9 Å². The van der Waals surface area contributed by atoms with Crippen molar-refractivity contribution in [3.8, 4) is 23.0 Å². The molecule has 0 radical (unpaired) electrons. The number of halogens is 1. The van der Waals surface area contributed by atoms with E-state index in [0.717, 1.165) is 50.4 Å². The zero-order chi connectivity index (χ0) is 31.6. The van der Waals surface area contributed by atoms with Gasteiger partial charge in [0.2, 0.25) is 0 Å². The van der Waals surface area contributed by atoms with E-state index < -0.39 is 17.9 Å². The Bertz CT molecular complexity index is 1350. The first kappa shape index (κ1) is 34.6. The lowest BCUT2D eigenvalue weighted by atomic mass is 10.2. The predicted molar refractivity (Wildman–Crippen MR) is 177 cm³/mol. The van der Waals surface area contributed by atoms with Crippen molar-refractivity contribution in [1.29, 1.82) is 0 Å². The average Bonchev–Trinajstić information content (AvgIpc) is 3.04. The third-order valence-corrected chi connectivity index (χ3v) is 7.32. The van der Waals surface area contributed by atoms with Gasteiger partial charge in [-0.15, -0.1) is 0 Å². The Kier molecular flexibility index (Phi) is 15.3. The Labute approximate surface area is 272 Å². The smallest absolute Gasteiger partial charge is 0.343 e. The molecule has 0 amide bonds. The average molecular weight is 715 g/mol. The molecule has 44 heavy (non-hydrogen) atoms. The summed E-state index contributed by atoms with van der Waals surface area (Å²) in [6.07, 6.45) is 9.25. The number of benzene rings is 3. The van der Waals surface area contributed by atoms with Gasteiger partial charge in [-0.05, 0) is 121 Å². The molecule has 0 aliphatic carbocycles. The van der Waals surface area contributed by atoms with Crippen molar-refractivity contribution in [3.63, 3.8) is 0 Å². The van der Waals surface area contributed by atoms with Crippen LogP contribution in [-0.4, -0.2) is 37.7 Å². The van der Waals surface area contributed by atoms with Crippen molar-refractivity contribution < 1.29 is 38.1 Å². The summed E-state index contributed by atoms with van der Waals surface area (Å²) < 4.78 is 28.1. The highest BCUT2D eigenvalue weighted by molar-refractivity contribution is 14.1. The van der Waals surface area contributed by atoms with Gasteiger partial charge in [0.25, 0.3) is 0 Å². The van der Waals surface area contributed by atoms with Crippen molar-refractivity contribution in [2.45, 2.75) is 58.3 Å². The van der Waals surface area contributed by atoms with E-state index in [-0.39, 0.29) is 0 Å². The van der Waals surface area contributed by atoms with E-state index in [1.165, 1.54) is 12.8 Å². The fourth-order valence-corrected chi connectivity index (χ4v) is 4.65. The Balaban J connectivity index is 1.40. The first-order valence-electron chi connectivity index (χ1n) is 14.9. The third kappa shape index (κ3) is 12.4. The molecule has 0 spiro atoms. The van der Waals surface area contributed by atoms with E-state index in [4.69, 9.17) is 23.7 Å². The van der Waals surface area contributed by atoms with Gasteiger partial charge in [0.1, 0.15) is 23.0 Å². The van der Waals surface area contributed by atoms with E-state index in [9.17, 15) is 14.4 Å².